The summed E-state index contributed by atoms with van der Waals surface area (Å²) in [4.78, 5) is 6.49. The Hall–Kier alpha value is -1.82. The highest BCUT2D eigenvalue weighted by molar-refractivity contribution is 5.80. The second-order valence-corrected chi connectivity index (χ2v) is 5.53. The van der Waals surface area contributed by atoms with Crippen LogP contribution < -0.4 is 10.5 Å². The fraction of sp³-hybridized carbons (Fsp3) is 0.533. The largest absolute Gasteiger partial charge is 0.494 e. The van der Waals surface area contributed by atoms with E-state index in [0.29, 0.717) is 17.5 Å². The molecule has 0 aliphatic carbocycles. The van der Waals surface area contributed by atoms with Gasteiger partial charge in [-0.25, -0.2) is 9.37 Å². The summed E-state index contributed by atoms with van der Waals surface area (Å²) in [5.74, 6) is 0.196. The number of imidazole rings is 1. The number of rotatable bonds is 6. The number of hydrogen-bond acceptors (Lipinski definition) is 4. The van der Waals surface area contributed by atoms with E-state index in [1.165, 1.54) is 13.2 Å². The molecule has 116 valence electrons. The molecule has 6 heteroatoms. The lowest BCUT2D eigenvalue weighted by Gasteiger charge is -2.21. The Morgan fingerprint density at radius 1 is 1.43 bits per heavy atom. The monoisotopic (exact) mass is 294 g/mol. The Morgan fingerprint density at radius 2 is 2.14 bits per heavy atom. The van der Waals surface area contributed by atoms with Crippen LogP contribution in [0.25, 0.3) is 11.0 Å². The molecule has 0 amide bonds. The molecule has 5 nitrogen and oxygen atoms in total. The SMILES string of the molecule is COc1cc2c(cc1F)nc(N)n2CCCN(C)C(C)C. The molecule has 0 radical (unpaired) electrons. The Morgan fingerprint density at radius 3 is 2.76 bits per heavy atom. The third-order valence-corrected chi connectivity index (χ3v) is 3.83. The number of aromatic nitrogens is 2. The maximum Gasteiger partial charge on any atom is 0.201 e. The minimum absolute atomic E-state index is 0.211. The van der Waals surface area contributed by atoms with Crippen LogP contribution >= 0.6 is 0 Å². The molecular formula is C15H23FN4O. The number of hydrogen-bond donors (Lipinski definition) is 1. The third kappa shape index (κ3) is 3.26. The van der Waals surface area contributed by atoms with Crippen LogP contribution in [0.2, 0.25) is 0 Å². The van der Waals surface area contributed by atoms with Gasteiger partial charge >= 0.3 is 0 Å². The van der Waals surface area contributed by atoms with Gasteiger partial charge in [0.1, 0.15) is 0 Å². The first-order valence-corrected chi connectivity index (χ1v) is 7.13. The maximum atomic E-state index is 13.7. The van der Waals surface area contributed by atoms with Crippen molar-refractivity contribution in [2.45, 2.75) is 32.9 Å². The normalized spacial score (nSPS) is 11.8. The number of methoxy groups -OCH3 is 1. The quantitative estimate of drug-likeness (QED) is 0.889. The molecule has 2 rings (SSSR count). The fourth-order valence-electron chi connectivity index (χ4n) is 2.27. The molecule has 0 aliphatic rings. The predicted octanol–water partition coefficient (Wildman–Crippen LogP) is 2.50. The zero-order valence-corrected chi connectivity index (χ0v) is 13.1. The van der Waals surface area contributed by atoms with Crippen molar-refractivity contribution in [3.8, 4) is 5.75 Å². The van der Waals surface area contributed by atoms with Crippen molar-refractivity contribution in [1.29, 1.82) is 0 Å². The zero-order chi connectivity index (χ0) is 15.6. The lowest BCUT2D eigenvalue weighted by atomic mass is 10.2. The van der Waals surface area contributed by atoms with Gasteiger partial charge in [-0.05, 0) is 33.9 Å². The van der Waals surface area contributed by atoms with Gasteiger partial charge in [0.05, 0.1) is 18.1 Å². The van der Waals surface area contributed by atoms with E-state index in [1.807, 2.05) is 4.57 Å². The summed E-state index contributed by atoms with van der Waals surface area (Å²) in [5.41, 5.74) is 7.31. The van der Waals surface area contributed by atoms with Gasteiger partial charge in [0.2, 0.25) is 5.95 Å². The number of ether oxygens (including phenoxy) is 1. The smallest absolute Gasteiger partial charge is 0.201 e. The molecule has 0 fully saturated rings. The molecule has 0 bridgehead atoms. The van der Waals surface area contributed by atoms with E-state index in [-0.39, 0.29) is 5.75 Å². The summed E-state index contributed by atoms with van der Waals surface area (Å²) in [7, 11) is 3.55. The summed E-state index contributed by atoms with van der Waals surface area (Å²) < 4.78 is 20.6. The van der Waals surface area contributed by atoms with E-state index in [2.05, 4.69) is 30.8 Å². The number of anilines is 1. The molecule has 1 aromatic carbocycles. The van der Waals surface area contributed by atoms with Crippen molar-refractivity contribution in [3.05, 3.63) is 17.9 Å². The number of benzene rings is 1. The molecule has 0 saturated carbocycles. The van der Waals surface area contributed by atoms with Gasteiger partial charge in [0, 0.05) is 24.7 Å². The van der Waals surface area contributed by atoms with Crippen LogP contribution in [0.5, 0.6) is 5.75 Å². The predicted molar refractivity (Wildman–Crippen MR) is 83.0 cm³/mol. The van der Waals surface area contributed by atoms with Gasteiger partial charge < -0.3 is 19.9 Å². The van der Waals surface area contributed by atoms with Crippen LogP contribution in [0.1, 0.15) is 20.3 Å². The molecule has 2 N–H and O–H groups in total. The minimum atomic E-state index is -0.422. The Balaban J connectivity index is 2.21. The van der Waals surface area contributed by atoms with E-state index < -0.39 is 5.82 Å². The fourth-order valence-corrected chi connectivity index (χ4v) is 2.27. The van der Waals surface area contributed by atoms with Crippen molar-refractivity contribution < 1.29 is 9.13 Å². The summed E-state index contributed by atoms with van der Waals surface area (Å²) in [6.45, 7) is 6.03. The van der Waals surface area contributed by atoms with Crippen molar-refractivity contribution in [3.63, 3.8) is 0 Å². The van der Waals surface area contributed by atoms with Crippen LogP contribution in [0, 0.1) is 5.82 Å². The van der Waals surface area contributed by atoms with E-state index in [1.54, 1.807) is 6.07 Å². The average molecular weight is 294 g/mol. The van der Waals surface area contributed by atoms with Gasteiger partial charge in [0.15, 0.2) is 11.6 Å². The van der Waals surface area contributed by atoms with Crippen LogP contribution in [0.4, 0.5) is 10.3 Å². The summed E-state index contributed by atoms with van der Waals surface area (Å²) in [6.07, 6.45) is 0.948. The lowest BCUT2D eigenvalue weighted by Crippen LogP contribution is -2.28. The highest BCUT2D eigenvalue weighted by Gasteiger charge is 2.13. The van der Waals surface area contributed by atoms with Gasteiger partial charge in [-0.15, -0.1) is 0 Å². The third-order valence-electron chi connectivity index (χ3n) is 3.83. The van der Waals surface area contributed by atoms with Crippen molar-refractivity contribution >= 4 is 17.0 Å². The van der Waals surface area contributed by atoms with E-state index in [4.69, 9.17) is 10.5 Å². The Labute approximate surface area is 124 Å². The van der Waals surface area contributed by atoms with Gasteiger partial charge in [0.25, 0.3) is 0 Å². The van der Waals surface area contributed by atoms with Gasteiger partial charge in [-0.1, -0.05) is 0 Å². The second kappa shape index (κ2) is 6.30. The van der Waals surface area contributed by atoms with Crippen LogP contribution in [0.3, 0.4) is 0 Å². The van der Waals surface area contributed by atoms with Gasteiger partial charge in [-0.2, -0.15) is 0 Å². The first kappa shape index (κ1) is 15.6. The number of nitrogens with zero attached hydrogens (tertiary/aromatic N) is 3. The topological polar surface area (TPSA) is 56.3 Å². The maximum absolute atomic E-state index is 13.7. The van der Waals surface area contributed by atoms with Crippen molar-refractivity contribution in [2.75, 3.05) is 26.4 Å². The number of aryl methyl sites for hydroxylation is 1. The zero-order valence-electron chi connectivity index (χ0n) is 13.1. The van der Waals surface area contributed by atoms with E-state index >= 15 is 0 Å². The van der Waals surface area contributed by atoms with Gasteiger partial charge in [-0.3, -0.25) is 0 Å². The summed E-state index contributed by atoms with van der Waals surface area (Å²) >= 11 is 0. The van der Waals surface area contributed by atoms with Crippen LogP contribution in [-0.2, 0) is 6.54 Å². The molecule has 0 atom stereocenters. The molecule has 2 aromatic rings. The van der Waals surface area contributed by atoms with Crippen molar-refractivity contribution in [1.82, 2.24) is 14.5 Å². The number of nitrogens with two attached hydrogens (primary N) is 1. The molecule has 0 unspecified atom stereocenters. The average Bonchev–Trinajstić information content (AvgIpc) is 2.72. The molecule has 0 saturated heterocycles. The minimum Gasteiger partial charge on any atom is -0.494 e. The van der Waals surface area contributed by atoms with E-state index in [9.17, 15) is 4.39 Å². The molecule has 0 spiro atoms. The first-order valence-electron chi connectivity index (χ1n) is 7.13. The molecule has 1 heterocycles. The first-order chi connectivity index (χ1) is 9.93. The van der Waals surface area contributed by atoms with Crippen LogP contribution in [-0.4, -0.2) is 41.2 Å². The van der Waals surface area contributed by atoms with Crippen LogP contribution in [0.15, 0.2) is 12.1 Å². The molecule has 0 aliphatic heterocycles. The molecular weight excluding hydrogens is 271 g/mol. The molecule has 21 heavy (non-hydrogen) atoms. The number of halogens is 1. The second-order valence-electron chi connectivity index (χ2n) is 5.53. The number of fused-ring (bicyclic) bond motifs is 1. The standard InChI is InChI=1S/C15H23FN4O/c1-10(2)19(3)6-5-7-20-13-9-14(21-4)11(16)8-12(13)18-15(20)17/h8-10H,5-7H2,1-4H3,(H2,17,18). The molecule has 1 aromatic heterocycles. The number of nitrogen functional groups attached to an aromatic ring is 1. The lowest BCUT2D eigenvalue weighted by molar-refractivity contribution is 0.266. The highest BCUT2D eigenvalue weighted by Crippen LogP contribution is 2.26. The Bertz CT molecular complexity index is 624. The summed E-state index contributed by atoms with van der Waals surface area (Å²) in [6, 6.07) is 3.53. The highest BCUT2D eigenvalue weighted by atomic mass is 19.1. The van der Waals surface area contributed by atoms with Crippen molar-refractivity contribution in [2.24, 2.45) is 0 Å². The Kier molecular flexibility index (Phi) is 4.67. The van der Waals surface area contributed by atoms with E-state index in [0.717, 1.165) is 25.0 Å². The summed E-state index contributed by atoms with van der Waals surface area (Å²) in [5, 5.41) is 0.